The molecule has 9 rings (SSSR count). The summed E-state index contributed by atoms with van der Waals surface area (Å²) in [6.07, 6.45) is 13.7. The third-order valence-electron chi connectivity index (χ3n) is 13.2. The predicted octanol–water partition coefficient (Wildman–Crippen LogP) is 7.67. The van der Waals surface area contributed by atoms with Crippen LogP contribution in [-0.4, -0.2) is 74.4 Å². The van der Waals surface area contributed by atoms with Crippen LogP contribution in [0.25, 0.3) is 6.08 Å². The summed E-state index contributed by atoms with van der Waals surface area (Å²) in [5.41, 5.74) is 3.29. The molecule has 2 amide bonds. The van der Waals surface area contributed by atoms with E-state index in [-0.39, 0.29) is 34.4 Å². The molecule has 1 saturated carbocycles. The van der Waals surface area contributed by atoms with Gasteiger partial charge in [-0.05, 0) is 91.8 Å². The molecule has 1 aromatic heterocycles. The number of fused-ring (bicyclic) bond motifs is 1. The van der Waals surface area contributed by atoms with Crippen LogP contribution in [0.5, 0.6) is 11.5 Å². The van der Waals surface area contributed by atoms with Crippen molar-refractivity contribution in [2.45, 2.75) is 68.7 Å². The van der Waals surface area contributed by atoms with Gasteiger partial charge in [0.15, 0.2) is 0 Å². The number of hydrogen-bond acceptors (Lipinski definition) is 11. The van der Waals surface area contributed by atoms with E-state index in [0.29, 0.717) is 50.3 Å². The third-order valence-corrected chi connectivity index (χ3v) is 14.5. The quantitative estimate of drug-likeness (QED) is 0.0768. The maximum atomic E-state index is 13.9. The fraction of sp³-hybridized carbons (Fsp3) is 0.413. The molecule has 3 saturated heterocycles. The summed E-state index contributed by atoms with van der Waals surface area (Å²) in [5, 5.41) is 15.2. The summed E-state index contributed by atoms with van der Waals surface area (Å²) in [6.45, 7) is 3.89. The van der Waals surface area contributed by atoms with Gasteiger partial charge in [0.1, 0.15) is 17.2 Å². The molecule has 14 nitrogen and oxygen atoms in total. The fourth-order valence-electron chi connectivity index (χ4n) is 9.90. The summed E-state index contributed by atoms with van der Waals surface area (Å²) in [5.74, 6) is 0.455. The highest BCUT2D eigenvalue weighted by molar-refractivity contribution is 7.90. The Morgan fingerprint density at radius 1 is 0.967 bits per heavy atom. The smallest absolute Gasteiger partial charge is 0.293 e. The Morgan fingerprint density at radius 2 is 1.74 bits per heavy atom. The summed E-state index contributed by atoms with van der Waals surface area (Å²) >= 11 is 0. The minimum atomic E-state index is -4.55. The SMILES string of the molecule is O=C(NS(=O)(=O)c1ccc(NCC2CCOCC2)c([N+](=O)[O-])c1)c1ccc(N2CCC(CN3C(=O)C4(CCCC4)C3c3ccccc3)CC2)cc1Oc1cnc2c(c1)C=CC2. The van der Waals surface area contributed by atoms with Crippen molar-refractivity contribution in [1.82, 2.24) is 14.6 Å². The molecular formula is C46H50N6O8S. The van der Waals surface area contributed by atoms with Crippen molar-refractivity contribution in [3.8, 4) is 11.5 Å². The maximum Gasteiger partial charge on any atom is 0.293 e. The summed E-state index contributed by atoms with van der Waals surface area (Å²) < 4.78 is 41.2. The molecule has 4 heterocycles. The van der Waals surface area contributed by atoms with Gasteiger partial charge in [-0.15, -0.1) is 0 Å². The number of allylic oxidation sites excluding steroid dienone is 1. The Labute approximate surface area is 355 Å². The molecule has 2 N–H and O–H groups in total. The molecule has 2 aliphatic carbocycles. The number of amides is 2. The van der Waals surface area contributed by atoms with Crippen LogP contribution in [-0.2, 0) is 26.0 Å². The van der Waals surface area contributed by atoms with Gasteiger partial charge < -0.3 is 24.6 Å². The number of nitrogens with one attached hydrogen (secondary N) is 2. The van der Waals surface area contributed by atoms with Crippen molar-refractivity contribution >= 4 is 45.0 Å². The number of carbonyl (C=O) groups excluding carboxylic acids is 2. The van der Waals surface area contributed by atoms with Crippen LogP contribution in [0.2, 0.25) is 0 Å². The molecule has 4 fully saturated rings. The zero-order valence-electron chi connectivity index (χ0n) is 34.0. The molecule has 0 radical (unpaired) electrons. The Hall–Kier alpha value is -5.80. The third kappa shape index (κ3) is 8.20. The van der Waals surface area contributed by atoms with Crippen LogP contribution in [0.4, 0.5) is 17.1 Å². The number of sulfonamides is 1. The number of nitrogens with zero attached hydrogens (tertiary/aromatic N) is 4. The molecule has 3 aliphatic heterocycles. The zero-order chi connectivity index (χ0) is 42.1. The number of piperidine rings is 1. The Kier molecular flexibility index (Phi) is 11.3. The van der Waals surface area contributed by atoms with Crippen LogP contribution in [0.1, 0.15) is 84.6 Å². The summed E-state index contributed by atoms with van der Waals surface area (Å²) in [4.78, 5) is 47.5. The first-order valence-corrected chi connectivity index (χ1v) is 22.8. The highest BCUT2D eigenvalue weighted by Gasteiger charge is 2.61. The molecule has 61 heavy (non-hydrogen) atoms. The number of nitro groups is 1. The van der Waals surface area contributed by atoms with Gasteiger partial charge in [0.05, 0.1) is 38.7 Å². The number of benzene rings is 3. The van der Waals surface area contributed by atoms with Gasteiger partial charge in [0, 0.05) is 63.6 Å². The number of nitro benzene ring substituents is 1. The molecule has 318 valence electrons. The largest absolute Gasteiger partial charge is 0.455 e. The standard InChI is InChI=1S/C46H50N6O8S/c53-44(49-61(57,58)37-12-14-40(41(27-37)52(55)56)47-28-31-17-23-59-24-18-31)38-13-11-35(26-42(38)60-36-25-34-9-6-10-39(34)48-29-36)50-21-15-32(16-22-50)30-51-43(33-7-2-1-3-8-33)46(45(51)54)19-4-5-20-46/h1-3,6-9,11-14,25-27,29,31-32,43,47H,4-5,10,15-24,28,30H2,(H,49,53). The number of carbonyl (C=O) groups is 2. The van der Waals surface area contributed by atoms with E-state index in [1.54, 1.807) is 18.3 Å². The van der Waals surface area contributed by atoms with Crippen molar-refractivity contribution in [1.29, 1.82) is 0 Å². The number of aromatic nitrogens is 1. The van der Waals surface area contributed by atoms with E-state index in [4.69, 9.17) is 9.47 Å². The van der Waals surface area contributed by atoms with E-state index in [1.165, 1.54) is 23.8 Å². The number of hydrogen-bond donors (Lipinski definition) is 2. The number of anilines is 2. The van der Waals surface area contributed by atoms with Crippen molar-refractivity contribution in [2.24, 2.45) is 17.3 Å². The van der Waals surface area contributed by atoms with E-state index < -0.39 is 31.4 Å². The van der Waals surface area contributed by atoms with E-state index >= 15 is 0 Å². The zero-order valence-corrected chi connectivity index (χ0v) is 34.8. The summed E-state index contributed by atoms with van der Waals surface area (Å²) in [6, 6.07) is 21.0. The first kappa shape index (κ1) is 40.6. The molecular weight excluding hydrogens is 797 g/mol. The van der Waals surface area contributed by atoms with Gasteiger partial charge >= 0.3 is 0 Å². The lowest BCUT2D eigenvalue weighted by molar-refractivity contribution is -0.384. The fourth-order valence-corrected chi connectivity index (χ4v) is 10.9. The molecule has 0 bridgehead atoms. The molecule has 3 aromatic carbocycles. The molecule has 4 aromatic rings. The predicted molar refractivity (Wildman–Crippen MR) is 230 cm³/mol. The lowest BCUT2D eigenvalue weighted by Crippen LogP contribution is -2.63. The van der Waals surface area contributed by atoms with Crippen molar-refractivity contribution in [3.05, 3.63) is 118 Å². The van der Waals surface area contributed by atoms with E-state index in [1.807, 2.05) is 24.3 Å². The van der Waals surface area contributed by atoms with Crippen LogP contribution in [0, 0.1) is 27.4 Å². The van der Waals surface area contributed by atoms with Crippen LogP contribution in [0.15, 0.2) is 90.0 Å². The second-order valence-corrected chi connectivity index (χ2v) is 18.7. The van der Waals surface area contributed by atoms with E-state index in [2.05, 4.69) is 49.1 Å². The van der Waals surface area contributed by atoms with E-state index in [0.717, 1.165) is 87.5 Å². The number of rotatable bonds is 13. The minimum absolute atomic E-state index is 0.0356. The van der Waals surface area contributed by atoms with Crippen molar-refractivity contribution in [3.63, 3.8) is 0 Å². The number of β-lactam (4-membered cyclic amide) rings is 1. The lowest BCUT2D eigenvalue weighted by atomic mass is 9.66. The number of ether oxygens (including phenoxy) is 2. The van der Waals surface area contributed by atoms with Gasteiger partial charge in [-0.3, -0.25) is 24.7 Å². The molecule has 1 unspecified atom stereocenters. The molecule has 1 spiro atoms. The van der Waals surface area contributed by atoms with Gasteiger partial charge in [-0.2, -0.15) is 0 Å². The van der Waals surface area contributed by atoms with Crippen molar-refractivity contribution < 1.29 is 32.4 Å². The minimum Gasteiger partial charge on any atom is -0.455 e. The van der Waals surface area contributed by atoms with Gasteiger partial charge in [0.2, 0.25) is 5.91 Å². The van der Waals surface area contributed by atoms with Gasteiger partial charge in [-0.25, -0.2) is 13.1 Å². The molecule has 1 atom stereocenters. The Bertz CT molecular complexity index is 2460. The molecule has 15 heteroatoms. The van der Waals surface area contributed by atoms with Crippen molar-refractivity contribution in [2.75, 3.05) is 49.6 Å². The first-order valence-electron chi connectivity index (χ1n) is 21.3. The molecule has 5 aliphatic rings. The average Bonchev–Trinajstić information content (AvgIpc) is 3.98. The second kappa shape index (κ2) is 16.9. The Morgan fingerprint density at radius 3 is 2.49 bits per heavy atom. The van der Waals surface area contributed by atoms with Crippen LogP contribution in [0.3, 0.4) is 0 Å². The van der Waals surface area contributed by atoms with E-state index in [9.17, 15) is 28.1 Å². The van der Waals surface area contributed by atoms with Gasteiger partial charge in [0.25, 0.3) is 21.6 Å². The first-order chi connectivity index (χ1) is 29.6. The highest BCUT2D eigenvalue weighted by atomic mass is 32.2. The monoisotopic (exact) mass is 846 g/mol. The highest BCUT2D eigenvalue weighted by Crippen LogP contribution is 2.59. The van der Waals surface area contributed by atoms with Gasteiger partial charge in [-0.1, -0.05) is 55.3 Å². The maximum absolute atomic E-state index is 13.9. The second-order valence-electron chi connectivity index (χ2n) is 17.0. The number of pyridine rings is 1. The average molecular weight is 847 g/mol. The normalized spacial score (nSPS) is 20.1. The number of likely N-dealkylation sites (tertiary alicyclic amines) is 1. The van der Waals surface area contributed by atoms with Crippen LogP contribution < -0.4 is 19.7 Å². The summed E-state index contributed by atoms with van der Waals surface area (Å²) in [7, 11) is -4.55. The van der Waals surface area contributed by atoms with Crippen LogP contribution >= 0.6 is 0 Å². The Balaban J connectivity index is 0.915. The topological polar surface area (TPSA) is 173 Å². The lowest BCUT2D eigenvalue weighted by Gasteiger charge is -2.56.